The maximum atomic E-state index is 10.8. The molecule has 2 saturated heterocycles. The fourth-order valence-corrected chi connectivity index (χ4v) is 3.67. The lowest BCUT2D eigenvalue weighted by Gasteiger charge is -2.21. The molecular formula is C12H22O6S2. The predicted octanol–water partition coefficient (Wildman–Crippen LogP) is 1.81. The Hall–Kier alpha value is 0.140. The average molecular weight is 326 g/mol. The molecule has 0 aliphatic carbocycles. The minimum absolute atomic E-state index is 0.378. The molecule has 6 nitrogen and oxygen atoms in total. The quantitative estimate of drug-likeness (QED) is 0.665. The number of hydrogen-bond donors (Lipinski definition) is 0. The highest BCUT2D eigenvalue weighted by Gasteiger charge is 2.20. The molecule has 0 N–H and O–H groups in total. The van der Waals surface area contributed by atoms with Gasteiger partial charge in [0.1, 0.15) is 0 Å². The third-order valence-electron chi connectivity index (χ3n) is 3.57. The van der Waals surface area contributed by atoms with Crippen LogP contribution in [0.2, 0.25) is 0 Å². The molecule has 0 bridgehead atoms. The Balaban J connectivity index is 1.42. The summed E-state index contributed by atoms with van der Waals surface area (Å²) in [4.78, 5) is 0. The van der Waals surface area contributed by atoms with Crippen LogP contribution >= 0.6 is 0 Å². The van der Waals surface area contributed by atoms with Crippen molar-refractivity contribution in [3.05, 3.63) is 0 Å². The van der Waals surface area contributed by atoms with Crippen molar-refractivity contribution in [2.45, 2.75) is 38.5 Å². The second kappa shape index (κ2) is 9.22. The maximum Gasteiger partial charge on any atom is 0.304 e. The molecule has 0 atom stereocenters. The summed E-state index contributed by atoms with van der Waals surface area (Å²) in [6, 6.07) is 0. The summed E-state index contributed by atoms with van der Waals surface area (Å²) in [6.07, 6.45) is 6.77. The molecule has 2 rings (SSSR count). The van der Waals surface area contributed by atoms with Crippen LogP contribution in [0, 0.1) is 11.8 Å². The van der Waals surface area contributed by atoms with Crippen molar-refractivity contribution >= 4 is 22.7 Å². The van der Waals surface area contributed by atoms with Gasteiger partial charge in [0.25, 0.3) is 0 Å². The van der Waals surface area contributed by atoms with Crippen LogP contribution in [0.4, 0.5) is 0 Å². The van der Waals surface area contributed by atoms with E-state index in [-0.39, 0.29) is 0 Å². The Kier molecular flexibility index (Phi) is 7.61. The van der Waals surface area contributed by atoms with E-state index in [1.165, 1.54) is 12.8 Å². The van der Waals surface area contributed by atoms with E-state index in [9.17, 15) is 8.42 Å². The van der Waals surface area contributed by atoms with Crippen LogP contribution in [-0.4, -0.2) is 34.8 Å². The normalized spacial score (nSPS) is 35.0. The molecule has 0 saturated carbocycles. The van der Waals surface area contributed by atoms with Gasteiger partial charge in [0.15, 0.2) is 0 Å². The highest BCUT2D eigenvalue weighted by Crippen LogP contribution is 2.19. The van der Waals surface area contributed by atoms with Gasteiger partial charge in [-0.1, -0.05) is 25.7 Å². The van der Waals surface area contributed by atoms with E-state index in [0.29, 0.717) is 38.3 Å². The van der Waals surface area contributed by atoms with Crippen molar-refractivity contribution in [1.82, 2.24) is 0 Å². The molecule has 0 unspecified atom stereocenters. The lowest BCUT2D eigenvalue weighted by Crippen LogP contribution is -2.24. The van der Waals surface area contributed by atoms with Gasteiger partial charge in [0.2, 0.25) is 0 Å². The van der Waals surface area contributed by atoms with E-state index in [1.54, 1.807) is 0 Å². The zero-order chi connectivity index (χ0) is 14.2. The average Bonchev–Trinajstić information content (AvgIpc) is 2.46. The van der Waals surface area contributed by atoms with Gasteiger partial charge in [-0.15, -0.1) is 0 Å². The van der Waals surface area contributed by atoms with E-state index in [2.05, 4.69) is 0 Å². The summed E-state index contributed by atoms with van der Waals surface area (Å²) in [5.41, 5.74) is 0. The Bertz CT molecular complexity index is 286. The van der Waals surface area contributed by atoms with Crippen LogP contribution in [-0.2, 0) is 39.5 Å². The van der Waals surface area contributed by atoms with Crippen LogP contribution in [0.1, 0.15) is 38.5 Å². The first-order chi connectivity index (χ1) is 9.74. The Morgan fingerprint density at radius 1 is 0.650 bits per heavy atom. The number of rotatable bonds is 7. The van der Waals surface area contributed by atoms with E-state index >= 15 is 0 Å². The molecule has 2 aliphatic heterocycles. The number of hydrogen-bond acceptors (Lipinski definition) is 6. The van der Waals surface area contributed by atoms with Gasteiger partial charge in [-0.05, 0) is 12.8 Å². The smallest absolute Gasteiger partial charge is 0.268 e. The lowest BCUT2D eigenvalue weighted by atomic mass is 9.99. The van der Waals surface area contributed by atoms with Crippen molar-refractivity contribution in [2.75, 3.05) is 26.4 Å². The van der Waals surface area contributed by atoms with Gasteiger partial charge < -0.3 is 0 Å². The van der Waals surface area contributed by atoms with Crippen LogP contribution < -0.4 is 0 Å². The summed E-state index contributed by atoms with van der Waals surface area (Å²) in [6.45, 7) is 2.17. The Morgan fingerprint density at radius 2 is 1.00 bits per heavy atom. The molecule has 118 valence electrons. The van der Waals surface area contributed by atoms with Gasteiger partial charge >= 0.3 is 22.7 Å². The summed E-state index contributed by atoms with van der Waals surface area (Å²) in [7, 11) is 0. The highest BCUT2D eigenvalue weighted by molar-refractivity contribution is 7.75. The summed E-state index contributed by atoms with van der Waals surface area (Å²) in [5, 5.41) is 0. The van der Waals surface area contributed by atoms with Crippen LogP contribution in [0.25, 0.3) is 0 Å². The molecular weight excluding hydrogens is 304 g/mol. The van der Waals surface area contributed by atoms with Gasteiger partial charge in [0, 0.05) is 11.8 Å². The Labute approximate surface area is 125 Å². The van der Waals surface area contributed by atoms with E-state index in [4.69, 9.17) is 16.7 Å². The summed E-state index contributed by atoms with van der Waals surface area (Å²) >= 11 is -3.04. The van der Waals surface area contributed by atoms with Crippen molar-refractivity contribution in [2.24, 2.45) is 11.8 Å². The maximum absolute atomic E-state index is 10.8. The topological polar surface area (TPSA) is 71.1 Å². The zero-order valence-corrected chi connectivity index (χ0v) is 13.1. The molecule has 20 heavy (non-hydrogen) atoms. The molecule has 0 aromatic carbocycles. The Morgan fingerprint density at radius 3 is 1.35 bits per heavy atom. The van der Waals surface area contributed by atoms with Crippen molar-refractivity contribution < 1.29 is 25.2 Å². The van der Waals surface area contributed by atoms with Gasteiger partial charge in [-0.25, -0.2) is 0 Å². The zero-order valence-electron chi connectivity index (χ0n) is 11.5. The lowest BCUT2D eigenvalue weighted by molar-refractivity contribution is 0.114. The molecule has 2 fully saturated rings. The molecule has 2 aliphatic rings. The third-order valence-corrected chi connectivity index (χ3v) is 4.89. The van der Waals surface area contributed by atoms with Crippen molar-refractivity contribution in [3.8, 4) is 0 Å². The van der Waals surface area contributed by atoms with E-state index in [0.717, 1.165) is 25.7 Å². The molecule has 0 aromatic rings. The van der Waals surface area contributed by atoms with Crippen LogP contribution in [0.15, 0.2) is 0 Å². The highest BCUT2D eigenvalue weighted by atomic mass is 32.2. The fourth-order valence-electron chi connectivity index (χ4n) is 2.32. The van der Waals surface area contributed by atoms with Gasteiger partial charge in [-0.3, -0.25) is 16.7 Å². The first-order valence-corrected chi connectivity index (χ1v) is 9.10. The molecule has 0 amide bonds. The van der Waals surface area contributed by atoms with Crippen molar-refractivity contribution in [1.29, 1.82) is 0 Å². The second-order valence-electron chi connectivity index (χ2n) is 5.27. The van der Waals surface area contributed by atoms with E-state index in [1.807, 2.05) is 0 Å². The summed E-state index contributed by atoms with van der Waals surface area (Å²) < 4.78 is 41.5. The molecule has 2 heterocycles. The third kappa shape index (κ3) is 6.28. The first kappa shape index (κ1) is 16.5. The molecule has 0 spiro atoms. The van der Waals surface area contributed by atoms with Gasteiger partial charge in [0.05, 0.1) is 26.4 Å². The number of unbranched alkanes of at least 4 members (excludes halogenated alkanes) is 3. The molecule has 8 heteroatoms. The van der Waals surface area contributed by atoms with Crippen LogP contribution in [0.3, 0.4) is 0 Å². The SMILES string of the molecule is O=S1OCC(CCCCCCC2COS(=O)OC2)CO1. The minimum Gasteiger partial charge on any atom is -0.268 e. The monoisotopic (exact) mass is 326 g/mol. The van der Waals surface area contributed by atoms with Gasteiger partial charge in [-0.2, -0.15) is 8.42 Å². The largest absolute Gasteiger partial charge is 0.304 e. The first-order valence-electron chi connectivity index (χ1n) is 7.10. The second-order valence-corrected chi connectivity index (χ2v) is 7.03. The summed E-state index contributed by atoms with van der Waals surface area (Å²) in [5.74, 6) is 0.755. The minimum atomic E-state index is -1.52. The van der Waals surface area contributed by atoms with E-state index < -0.39 is 22.7 Å². The fraction of sp³-hybridized carbons (Fsp3) is 1.00. The standard InChI is InChI=1S/C12H22O6S2/c13-19-15-7-11(8-16-19)5-3-1-2-4-6-12-9-17-20(14)18-10-12/h11-12H,1-10H2. The molecule has 0 radical (unpaired) electrons. The predicted molar refractivity (Wildman–Crippen MR) is 74.8 cm³/mol. The van der Waals surface area contributed by atoms with Crippen LogP contribution in [0.5, 0.6) is 0 Å². The van der Waals surface area contributed by atoms with Crippen molar-refractivity contribution in [3.63, 3.8) is 0 Å². The molecule has 0 aromatic heterocycles.